The molecule has 0 amide bonds. The Kier molecular flexibility index (Phi) is 5.83. The molecule has 1 saturated heterocycles. The number of halogens is 2. The lowest BCUT2D eigenvalue weighted by Gasteiger charge is -2.29. The summed E-state index contributed by atoms with van der Waals surface area (Å²) < 4.78 is 2.69. The fourth-order valence-electron chi connectivity index (χ4n) is 2.32. The third-order valence-electron chi connectivity index (χ3n) is 3.53. The lowest BCUT2D eigenvalue weighted by molar-refractivity contribution is 0.213. The summed E-state index contributed by atoms with van der Waals surface area (Å²) in [5, 5.41) is 0. The molecule has 2 nitrogen and oxygen atoms in total. The molecule has 0 aromatic carbocycles. The molecule has 6 heteroatoms. The molecule has 1 aromatic rings. The van der Waals surface area contributed by atoms with E-state index in [0.717, 1.165) is 21.3 Å². The number of hydrogen-bond acceptors (Lipinski definition) is 4. The number of hydrogen-bond donors (Lipinski definition) is 1. The van der Waals surface area contributed by atoms with Crippen LogP contribution in [0.2, 0.25) is 0 Å². The lowest BCUT2D eigenvalue weighted by Crippen LogP contribution is -2.35. The molecule has 1 unspecified atom stereocenters. The van der Waals surface area contributed by atoms with Crippen molar-refractivity contribution in [1.29, 1.82) is 0 Å². The normalized spacial score (nSPS) is 22.2. The second kappa shape index (κ2) is 6.79. The zero-order valence-corrected chi connectivity index (χ0v) is 16.1. The van der Waals surface area contributed by atoms with Crippen molar-refractivity contribution in [3.63, 3.8) is 0 Å². The lowest BCUT2D eigenvalue weighted by atomic mass is 10.1. The monoisotopic (exact) mass is 426 g/mol. The first-order valence-corrected chi connectivity index (χ1v) is 9.84. The van der Waals surface area contributed by atoms with Gasteiger partial charge in [0.05, 0.1) is 9.83 Å². The maximum atomic E-state index is 6.04. The van der Waals surface area contributed by atoms with Crippen LogP contribution in [-0.2, 0) is 0 Å². The number of nitrogens with zero attached hydrogens (tertiary/aromatic N) is 1. The van der Waals surface area contributed by atoms with E-state index in [9.17, 15) is 0 Å². The molecule has 19 heavy (non-hydrogen) atoms. The Morgan fingerprint density at radius 3 is 2.74 bits per heavy atom. The second-order valence-electron chi connectivity index (χ2n) is 5.42. The molecule has 2 rings (SSSR count). The van der Waals surface area contributed by atoms with E-state index in [0.29, 0.717) is 17.3 Å². The molecule has 1 aliphatic heterocycles. The average Bonchev–Trinajstić information content (AvgIpc) is 2.56. The van der Waals surface area contributed by atoms with Gasteiger partial charge in [0.1, 0.15) is 0 Å². The van der Waals surface area contributed by atoms with Crippen LogP contribution in [0, 0.1) is 0 Å². The van der Waals surface area contributed by atoms with Crippen LogP contribution in [0.3, 0.4) is 0 Å². The molecule has 0 bridgehead atoms. The molecule has 0 aliphatic carbocycles. The summed E-state index contributed by atoms with van der Waals surface area (Å²) in [6.45, 7) is 7.64. The predicted octanol–water partition coefficient (Wildman–Crippen LogP) is 4.49. The minimum Gasteiger partial charge on any atom is -0.329 e. The van der Waals surface area contributed by atoms with Crippen LogP contribution in [0.5, 0.6) is 0 Å². The smallest absolute Gasteiger partial charge is 0.0843 e. The van der Waals surface area contributed by atoms with Gasteiger partial charge in [-0.1, -0.05) is 13.8 Å². The topological polar surface area (TPSA) is 29.3 Å². The van der Waals surface area contributed by atoms with Crippen molar-refractivity contribution in [1.82, 2.24) is 4.90 Å². The number of thiophene rings is 1. The molecule has 1 fully saturated rings. The highest BCUT2D eigenvalue weighted by Gasteiger charge is 2.28. The first-order valence-electron chi connectivity index (χ1n) is 6.46. The fourth-order valence-corrected chi connectivity index (χ4v) is 5.67. The Morgan fingerprint density at radius 1 is 1.42 bits per heavy atom. The van der Waals surface area contributed by atoms with Crippen molar-refractivity contribution >= 4 is 55.0 Å². The third kappa shape index (κ3) is 4.20. The Hall–Kier alpha value is 0.930. The van der Waals surface area contributed by atoms with E-state index in [2.05, 4.69) is 68.4 Å². The number of thioether (sulfide) groups is 1. The maximum Gasteiger partial charge on any atom is 0.0843 e. The highest BCUT2D eigenvalue weighted by Crippen LogP contribution is 2.39. The largest absolute Gasteiger partial charge is 0.329 e. The van der Waals surface area contributed by atoms with E-state index >= 15 is 0 Å². The fraction of sp³-hybridized carbons (Fsp3) is 0.692. The van der Waals surface area contributed by atoms with E-state index in [1.165, 1.54) is 17.1 Å². The van der Waals surface area contributed by atoms with Gasteiger partial charge in [-0.05, 0) is 44.3 Å². The van der Waals surface area contributed by atoms with Crippen molar-refractivity contribution in [2.24, 2.45) is 5.73 Å². The van der Waals surface area contributed by atoms with Crippen LogP contribution < -0.4 is 5.73 Å². The minimum atomic E-state index is 0.349. The van der Waals surface area contributed by atoms with Gasteiger partial charge in [-0.25, -0.2) is 0 Å². The van der Waals surface area contributed by atoms with Crippen LogP contribution >= 0.6 is 55.0 Å². The second-order valence-corrected chi connectivity index (χ2v) is 10.5. The van der Waals surface area contributed by atoms with Crippen molar-refractivity contribution in [2.75, 3.05) is 25.4 Å². The maximum absolute atomic E-state index is 6.04. The first-order chi connectivity index (χ1) is 8.93. The summed E-state index contributed by atoms with van der Waals surface area (Å²) in [5.41, 5.74) is 6.04. The average molecular weight is 428 g/mol. The van der Waals surface area contributed by atoms with Crippen molar-refractivity contribution in [2.45, 2.75) is 31.1 Å². The van der Waals surface area contributed by atoms with Gasteiger partial charge in [-0.3, -0.25) is 4.90 Å². The summed E-state index contributed by atoms with van der Waals surface area (Å²) in [6, 6.07) is 2.55. The highest BCUT2D eigenvalue weighted by atomic mass is 79.9. The number of nitrogens with two attached hydrogens (primary N) is 1. The zero-order valence-electron chi connectivity index (χ0n) is 11.3. The van der Waals surface area contributed by atoms with Crippen molar-refractivity contribution in [3.8, 4) is 0 Å². The Labute approximate surface area is 140 Å². The minimum absolute atomic E-state index is 0.349. The van der Waals surface area contributed by atoms with E-state index in [1.54, 1.807) is 11.3 Å². The molecule has 0 radical (unpaired) electrons. The molecule has 2 N–H and O–H groups in total. The molecular formula is C13H20Br2N2S2. The molecule has 1 atom stereocenters. The molecule has 0 saturated carbocycles. The summed E-state index contributed by atoms with van der Waals surface area (Å²) in [7, 11) is 0. The van der Waals surface area contributed by atoms with Gasteiger partial charge in [0.25, 0.3) is 0 Å². The molecule has 108 valence electrons. The predicted molar refractivity (Wildman–Crippen MR) is 94.2 cm³/mol. The first kappa shape index (κ1) is 16.3. The van der Waals surface area contributed by atoms with Crippen LogP contribution in [0.4, 0.5) is 0 Å². The summed E-state index contributed by atoms with van der Waals surface area (Å²) in [5.74, 6) is 1.19. The zero-order chi connectivity index (χ0) is 14.0. The van der Waals surface area contributed by atoms with Crippen LogP contribution in [0.15, 0.2) is 14.3 Å². The van der Waals surface area contributed by atoms with Crippen LogP contribution in [0.25, 0.3) is 0 Å². The van der Waals surface area contributed by atoms with E-state index in [1.807, 2.05) is 0 Å². The van der Waals surface area contributed by atoms with Gasteiger partial charge in [0.15, 0.2) is 0 Å². The van der Waals surface area contributed by atoms with Gasteiger partial charge >= 0.3 is 0 Å². The Bertz CT molecular complexity index is 415. The molecular weight excluding hydrogens is 408 g/mol. The number of rotatable bonds is 3. The summed E-state index contributed by atoms with van der Waals surface area (Å²) in [6.07, 6.45) is 1.22. The van der Waals surface area contributed by atoms with Crippen LogP contribution in [0.1, 0.15) is 31.2 Å². The van der Waals surface area contributed by atoms with Crippen LogP contribution in [-0.4, -0.2) is 35.0 Å². The highest BCUT2D eigenvalue weighted by molar-refractivity contribution is 9.13. The van der Waals surface area contributed by atoms with Gasteiger partial charge in [0, 0.05) is 39.5 Å². The molecule has 2 heterocycles. The third-order valence-corrected chi connectivity index (χ3v) is 8.26. The van der Waals surface area contributed by atoms with Gasteiger partial charge in [-0.15, -0.1) is 11.3 Å². The van der Waals surface area contributed by atoms with Crippen molar-refractivity contribution < 1.29 is 0 Å². The van der Waals surface area contributed by atoms with E-state index < -0.39 is 0 Å². The molecule has 1 aromatic heterocycles. The Balaban J connectivity index is 2.13. The standard InChI is InChI=1S/C13H20Br2N2S2/c1-13(2)3-4-17(5-6-18-13)10(8-16)11-7-9(14)12(15)19-11/h7,10H,3-6,8,16H2,1-2H3. The van der Waals surface area contributed by atoms with Gasteiger partial charge in [-0.2, -0.15) is 11.8 Å². The Morgan fingerprint density at radius 2 is 2.16 bits per heavy atom. The van der Waals surface area contributed by atoms with Gasteiger partial charge < -0.3 is 5.73 Å². The summed E-state index contributed by atoms with van der Waals surface area (Å²) >= 11 is 11.0. The molecule has 0 spiro atoms. The van der Waals surface area contributed by atoms with Crippen molar-refractivity contribution in [3.05, 3.63) is 19.2 Å². The van der Waals surface area contributed by atoms with E-state index in [4.69, 9.17) is 5.73 Å². The summed E-state index contributed by atoms with van der Waals surface area (Å²) in [4.78, 5) is 3.90. The van der Waals surface area contributed by atoms with Gasteiger partial charge in [0.2, 0.25) is 0 Å². The SMILES string of the molecule is CC1(C)CCN(C(CN)c2cc(Br)c(Br)s2)CCS1. The molecule has 1 aliphatic rings. The van der Waals surface area contributed by atoms with E-state index in [-0.39, 0.29) is 0 Å². The quantitative estimate of drug-likeness (QED) is 0.770.